The van der Waals surface area contributed by atoms with Crippen LogP contribution in [0.25, 0.3) is 0 Å². The van der Waals surface area contributed by atoms with E-state index in [1.807, 2.05) is 6.92 Å². The van der Waals surface area contributed by atoms with Gasteiger partial charge >= 0.3 is 0 Å². The number of nitrogens with zero attached hydrogens (tertiary/aromatic N) is 2. The maximum Gasteiger partial charge on any atom is 0.298 e. The van der Waals surface area contributed by atoms with Gasteiger partial charge in [0.15, 0.2) is 0 Å². The number of carbonyl (C=O) groups excluding carboxylic acids is 2. The number of hydrogen-bond acceptors (Lipinski definition) is 5. The number of aromatic nitrogens is 2. The number of carbonyl (C=O) groups is 2. The molecule has 0 spiro atoms. The van der Waals surface area contributed by atoms with Gasteiger partial charge in [-0.3, -0.25) is 14.9 Å². The van der Waals surface area contributed by atoms with Gasteiger partial charge in [-0.1, -0.05) is 54.5 Å². The highest BCUT2D eigenvalue weighted by Gasteiger charge is 2.17. The van der Waals surface area contributed by atoms with Crippen LogP contribution in [0.2, 0.25) is 0 Å². The van der Waals surface area contributed by atoms with Gasteiger partial charge < -0.3 is 0 Å². The summed E-state index contributed by atoms with van der Waals surface area (Å²) < 4.78 is 0. The van der Waals surface area contributed by atoms with Crippen LogP contribution in [-0.2, 0) is 11.2 Å². The van der Waals surface area contributed by atoms with E-state index >= 15 is 0 Å². The first-order valence-corrected chi connectivity index (χ1v) is 7.66. The second-order valence-electron chi connectivity index (χ2n) is 4.75. The summed E-state index contributed by atoms with van der Waals surface area (Å²) in [7, 11) is 0. The van der Waals surface area contributed by atoms with Crippen LogP contribution < -0.4 is 5.32 Å². The van der Waals surface area contributed by atoms with Crippen molar-refractivity contribution in [3.8, 4) is 0 Å². The first-order chi connectivity index (χ1) is 10.1. The second-order valence-corrected chi connectivity index (χ2v) is 5.82. The summed E-state index contributed by atoms with van der Waals surface area (Å²) in [5, 5.41) is 11.6. The SMILES string of the molecule is CCCCc1nnc(NC(=O)C(=O)c2ccc(C)cc2)s1. The van der Waals surface area contributed by atoms with Crippen molar-refractivity contribution in [3.63, 3.8) is 0 Å². The number of ketones is 1. The summed E-state index contributed by atoms with van der Waals surface area (Å²) in [6, 6.07) is 6.89. The molecule has 0 saturated carbocycles. The molecule has 0 bridgehead atoms. The van der Waals surface area contributed by atoms with E-state index in [1.165, 1.54) is 11.3 Å². The molecule has 0 fully saturated rings. The lowest BCUT2D eigenvalue weighted by atomic mass is 10.1. The minimum atomic E-state index is -0.683. The number of aryl methyl sites for hydroxylation is 2. The van der Waals surface area contributed by atoms with Crippen LogP contribution in [0.15, 0.2) is 24.3 Å². The summed E-state index contributed by atoms with van der Waals surface area (Å²) in [5.41, 5.74) is 1.41. The van der Waals surface area contributed by atoms with Crippen LogP contribution in [0.5, 0.6) is 0 Å². The van der Waals surface area contributed by atoms with Gasteiger partial charge in [-0.2, -0.15) is 0 Å². The Kier molecular flexibility index (Phi) is 5.16. The summed E-state index contributed by atoms with van der Waals surface area (Å²) in [6.07, 6.45) is 2.95. The third-order valence-electron chi connectivity index (χ3n) is 2.95. The molecule has 6 heteroatoms. The summed E-state index contributed by atoms with van der Waals surface area (Å²) >= 11 is 1.31. The first-order valence-electron chi connectivity index (χ1n) is 6.85. The number of unbranched alkanes of at least 4 members (excludes halogenated alkanes) is 1. The van der Waals surface area contributed by atoms with Gasteiger partial charge in [0.25, 0.3) is 11.7 Å². The van der Waals surface area contributed by atoms with Gasteiger partial charge in [0.05, 0.1) is 0 Å². The van der Waals surface area contributed by atoms with Crippen molar-refractivity contribution in [3.05, 3.63) is 40.4 Å². The van der Waals surface area contributed by atoms with E-state index in [2.05, 4.69) is 22.4 Å². The standard InChI is InChI=1S/C15H17N3O2S/c1-3-4-5-12-17-18-15(21-12)16-14(20)13(19)11-8-6-10(2)7-9-11/h6-9H,3-5H2,1-2H3,(H,16,18,20). The smallest absolute Gasteiger partial charge is 0.294 e. The summed E-state index contributed by atoms with van der Waals surface area (Å²) in [5.74, 6) is -1.25. The van der Waals surface area contributed by atoms with Crippen LogP contribution in [0.4, 0.5) is 5.13 Å². The predicted molar refractivity (Wildman–Crippen MR) is 82.7 cm³/mol. The Balaban J connectivity index is 1.98. The van der Waals surface area contributed by atoms with Crippen molar-refractivity contribution in [2.24, 2.45) is 0 Å². The van der Waals surface area contributed by atoms with E-state index in [9.17, 15) is 9.59 Å². The van der Waals surface area contributed by atoms with E-state index in [-0.39, 0.29) is 0 Å². The van der Waals surface area contributed by atoms with E-state index < -0.39 is 11.7 Å². The molecule has 0 radical (unpaired) electrons. The quantitative estimate of drug-likeness (QED) is 0.657. The van der Waals surface area contributed by atoms with E-state index in [0.29, 0.717) is 10.7 Å². The Morgan fingerprint density at radius 1 is 1.19 bits per heavy atom. The molecule has 2 rings (SSSR count). The molecular weight excluding hydrogens is 286 g/mol. The second kappa shape index (κ2) is 7.08. The Labute approximate surface area is 127 Å². The van der Waals surface area contributed by atoms with Crippen molar-refractivity contribution in [1.29, 1.82) is 0 Å². The Morgan fingerprint density at radius 2 is 1.90 bits per heavy atom. The average Bonchev–Trinajstić information content (AvgIpc) is 2.92. The highest BCUT2D eigenvalue weighted by molar-refractivity contribution is 7.15. The molecule has 2 aromatic rings. The highest BCUT2D eigenvalue weighted by Crippen LogP contribution is 2.17. The Morgan fingerprint density at radius 3 is 2.57 bits per heavy atom. The minimum Gasteiger partial charge on any atom is -0.294 e. The first kappa shape index (κ1) is 15.3. The van der Waals surface area contributed by atoms with Crippen LogP contribution in [0.3, 0.4) is 0 Å². The summed E-state index contributed by atoms with van der Waals surface area (Å²) in [4.78, 5) is 23.9. The van der Waals surface area contributed by atoms with E-state index in [1.54, 1.807) is 24.3 Å². The molecule has 0 atom stereocenters. The maximum atomic E-state index is 12.0. The molecule has 110 valence electrons. The van der Waals surface area contributed by atoms with Gasteiger partial charge in [-0.25, -0.2) is 0 Å². The molecule has 1 aromatic carbocycles. The number of hydrogen-bond donors (Lipinski definition) is 1. The molecule has 1 N–H and O–H groups in total. The fourth-order valence-corrected chi connectivity index (χ4v) is 2.50. The molecule has 0 aliphatic carbocycles. The molecule has 0 aliphatic rings. The molecule has 0 unspecified atom stereocenters. The number of benzene rings is 1. The third-order valence-corrected chi connectivity index (χ3v) is 3.85. The normalized spacial score (nSPS) is 10.4. The Bertz CT molecular complexity index is 635. The lowest BCUT2D eigenvalue weighted by Crippen LogP contribution is -2.22. The fourth-order valence-electron chi connectivity index (χ4n) is 1.72. The number of Topliss-reactive ketones (excluding diaryl/α,β-unsaturated/α-hetero) is 1. The molecule has 0 saturated heterocycles. The van der Waals surface area contributed by atoms with Gasteiger partial charge in [0.1, 0.15) is 5.01 Å². The van der Waals surface area contributed by atoms with Crippen molar-refractivity contribution in [2.45, 2.75) is 33.1 Å². The third kappa shape index (κ3) is 4.19. The Hall–Kier alpha value is -2.08. The van der Waals surface area contributed by atoms with Gasteiger partial charge in [-0.05, 0) is 13.3 Å². The fraction of sp³-hybridized carbons (Fsp3) is 0.333. The maximum absolute atomic E-state index is 12.0. The summed E-state index contributed by atoms with van der Waals surface area (Å²) in [6.45, 7) is 4.03. The lowest BCUT2D eigenvalue weighted by molar-refractivity contribution is -0.112. The molecule has 21 heavy (non-hydrogen) atoms. The predicted octanol–water partition coefficient (Wildman–Crippen LogP) is 3.01. The van der Waals surface area contributed by atoms with Crippen LogP contribution >= 0.6 is 11.3 Å². The van der Waals surface area contributed by atoms with E-state index in [0.717, 1.165) is 29.8 Å². The van der Waals surface area contributed by atoms with Gasteiger partial charge in [-0.15, -0.1) is 10.2 Å². The van der Waals surface area contributed by atoms with Gasteiger partial charge in [0, 0.05) is 12.0 Å². The van der Waals surface area contributed by atoms with Crippen LogP contribution in [-0.4, -0.2) is 21.9 Å². The van der Waals surface area contributed by atoms with Crippen LogP contribution in [0, 0.1) is 6.92 Å². The monoisotopic (exact) mass is 303 g/mol. The number of rotatable bonds is 6. The lowest BCUT2D eigenvalue weighted by Gasteiger charge is -2.01. The molecule has 1 heterocycles. The average molecular weight is 303 g/mol. The largest absolute Gasteiger partial charge is 0.298 e. The molecule has 0 aliphatic heterocycles. The van der Waals surface area contributed by atoms with Crippen molar-refractivity contribution in [2.75, 3.05) is 5.32 Å². The minimum absolute atomic E-state index is 0.367. The van der Waals surface area contributed by atoms with Crippen LogP contribution in [0.1, 0.15) is 40.7 Å². The number of amides is 1. The zero-order valence-corrected chi connectivity index (χ0v) is 12.9. The van der Waals surface area contributed by atoms with Crippen molar-refractivity contribution in [1.82, 2.24) is 10.2 Å². The molecule has 1 aromatic heterocycles. The number of anilines is 1. The molecule has 5 nitrogen and oxygen atoms in total. The molecular formula is C15H17N3O2S. The zero-order valence-electron chi connectivity index (χ0n) is 12.0. The van der Waals surface area contributed by atoms with Gasteiger partial charge in [0.2, 0.25) is 5.13 Å². The van der Waals surface area contributed by atoms with Crippen molar-refractivity contribution < 1.29 is 9.59 Å². The zero-order chi connectivity index (χ0) is 15.2. The highest BCUT2D eigenvalue weighted by atomic mass is 32.1. The van der Waals surface area contributed by atoms with E-state index in [4.69, 9.17) is 0 Å². The van der Waals surface area contributed by atoms with Crippen molar-refractivity contribution >= 4 is 28.2 Å². The number of nitrogens with one attached hydrogen (secondary N) is 1. The topological polar surface area (TPSA) is 72.0 Å². The molecule has 1 amide bonds.